The molecule has 0 saturated carbocycles. The number of aryl methyl sites for hydroxylation is 1. The molecule has 76 valence electrons. The second-order valence-electron chi connectivity index (χ2n) is 3.09. The Kier molecular flexibility index (Phi) is 3.28. The molecule has 5 heteroatoms. The lowest BCUT2D eigenvalue weighted by atomic mass is 10.2. The monoisotopic (exact) mass is 230 g/mol. The van der Waals surface area contributed by atoms with Crippen molar-refractivity contribution in [3.63, 3.8) is 0 Å². The van der Waals surface area contributed by atoms with Crippen molar-refractivity contribution >= 4 is 23.5 Å². The molecule has 0 fully saturated rings. The summed E-state index contributed by atoms with van der Waals surface area (Å²) in [6, 6.07) is 0. The largest absolute Gasteiger partial charge is 0.236 e. The van der Waals surface area contributed by atoms with Crippen LogP contribution in [0.3, 0.4) is 0 Å². The van der Waals surface area contributed by atoms with Crippen LogP contribution >= 0.6 is 23.5 Å². The molecule has 0 radical (unpaired) electrons. The summed E-state index contributed by atoms with van der Waals surface area (Å²) in [5.41, 5.74) is 1.61. The van der Waals surface area contributed by atoms with Crippen molar-refractivity contribution in [3.8, 4) is 0 Å². The van der Waals surface area contributed by atoms with E-state index in [2.05, 4.69) is 9.97 Å². The van der Waals surface area contributed by atoms with Crippen LogP contribution in [0.15, 0.2) is 0 Å². The molecule has 0 atom stereocenters. The molecular weight excluding hydrogens is 219 g/mol. The lowest BCUT2D eigenvalue weighted by molar-refractivity contribution is 0.558. The fourth-order valence-electron chi connectivity index (χ4n) is 1.37. The van der Waals surface area contributed by atoms with Crippen molar-refractivity contribution in [2.24, 2.45) is 0 Å². The van der Waals surface area contributed by atoms with E-state index in [4.69, 9.17) is 0 Å². The number of rotatable bonds is 3. The topological polar surface area (TPSA) is 25.8 Å². The lowest BCUT2D eigenvalue weighted by Crippen LogP contribution is -2.05. The van der Waals surface area contributed by atoms with Gasteiger partial charge in [-0.15, -0.1) is 0 Å². The van der Waals surface area contributed by atoms with Gasteiger partial charge in [0.05, 0.1) is 5.69 Å². The number of hydrogen-bond donors (Lipinski definition) is 0. The van der Waals surface area contributed by atoms with Crippen LogP contribution in [-0.2, 0) is 17.9 Å². The Labute approximate surface area is 91.1 Å². The molecule has 0 N–H and O–H groups in total. The highest BCUT2D eigenvalue weighted by Gasteiger charge is 2.19. The molecule has 1 aromatic rings. The van der Waals surface area contributed by atoms with Gasteiger partial charge in [-0.3, -0.25) is 0 Å². The first-order valence-electron chi connectivity index (χ1n) is 4.42. The van der Waals surface area contributed by atoms with Gasteiger partial charge in [-0.25, -0.2) is 9.97 Å². The number of nitrogens with zero attached hydrogens (tertiary/aromatic N) is 2. The van der Waals surface area contributed by atoms with E-state index < -0.39 is 0 Å². The second kappa shape index (κ2) is 4.49. The number of hydrogen-bond acceptors (Lipinski definition) is 4. The zero-order valence-electron chi connectivity index (χ0n) is 7.92. The summed E-state index contributed by atoms with van der Waals surface area (Å²) in [5, 5.41) is 0. The van der Waals surface area contributed by atoms with E-state index in [1.807, 2.05) is 6.26 Å². The quantitative estimate of drug-likeness (QED) is 0.744. The highest BCUT2D eigenvalue weighted by molar-refractivity contribution is 7.98. The van der Waals surface area contributed by atoms with Crippen molar-refractivity contribution in [1.82, 2.24) is 9.97 Å². The van der Waals surface area contributed by atoms with Gasteiger partial charge >= 0.3 is 0 Å². The highest BCUT2D eigenvalue weighted by atomic mass is 32.2. The molecule has 1 aromatic heterocycles. The summed E-state index contributed by atoms with van der Waals surface area (Å²) in [7, 11) is 0. The van der Waals surface area contributed by atoms with E-state index in [1.165, 1.54) is 0 Å². The van der Waals surface area contributed by atoms with Crippen molar-refractivity contribution in [2.75, 3.05) is 12.0 Å². The Hall–Kier alpha value is -0.290. The fraction of sp³-hybridized carbons (Fsp3) is 0.556. The van der Waals surface area contributed by atoms with E-state index >= 15 is 0 Å². The normalized spacial score (nSPS) is 14.4. The lowest BCUT2D eigenvalue weighted by Gasteiger charge is -2.02. The van der Waals surface area contributed by atoms with Gasteiger partial charge in [0.1, 0.15) is 5.82 Å². The number of halogens is 1. The first kappa shape index (κ1) is 10.2. The average molecular weight is 230 g/mol. The number of aromatic nitrogens is 2. The first-order chi connectivity index (χ1) is 6.81. The van der Waals surface area contributed by atoms with Crippen molar-refractivity contribution < 1.29 is 4.39 Å². The van der Waals surface area contributed by atoms with E-state index in [9.17, 15) is 4.39 Å². The van der Waals surface area contributed by atoms with E-state index in [0.29, 0.717) is 11.4 Å². The van der Waals surface area contributed by atoms with Crippen molar-refractivity contribution in [1.29, 1.82) is 0 Å². The van der Waals surface area contributed by atoms with Gasteiger partial charge < -0.3 is 0 Å². The molecule has 0 amide bonds. The summed E-state index contributed by atoms with van der Waals surface area (Å²) in [5.74, 6) is 2.85. The van der Waals surface area contributed by atoms with Crippen LogP contribution < -0.4 is 0 Å². The van der Waals surface area contributed by atoms with E-state index in [0.717, 1.165) is 29.4 Å². The molecule has 0 saturated heterocycles. The fourth-order valence-corrected chi connectivity index (χ4v) is 2.78. The summed E-state index contributed by atoms with van der Waals surface area (Å²) in [6.45, 7) is 0. The molecular formula is C9H11FN2S2. The maximum absolute atomic E-state index is 13.4. The van der Waals surface area contributed by atoms with Crippen LogP contribution in [0.1, 0.15) is 17.1 Å². The van der Waals surface area contributed by atoms with Gasteiger partial charge in [-0.2, -0.15) is 27.9 Å². The van der Waals surface area contributed by atoms with Crippen LogP contribution in [0, 0.1) is 5.95 Å². The van der Waals surface area contributed by atoms with Crippen LogP contribution in [0.2, 0.25) is 0 Å². The summed E-state index contributed by atoms with van der Waals surface area (Å²) >= 11 is 3.43. The van der Waals surface area contributed by atoms with Gasteiger partial charge in [0, 0.05) is 29.2 Å². The molecule has 0 aliphatic carbocycles. The SMILES string of the molecule is CSCCc1nc(F)c2c(n1)CSC2. The van der Waals surface area contributed by atoms with E-state index in [-0.39, 0.29) is 5.95 Å². The van der Waals surface area contributed by atoms with Gasteiger partial charge in [-0.1, -0.05) is 0 Å². The predicted molar refractivity (Wildman–Crippen MR) is 59.1 cm³/mol. The third-order valence-electron chi connectivity index (χ3n) is 2.10. The summed E-state index contributed by atoms with van der Waals surface area (Å²) in [4.78, 5) is 8.24. The number of fused-ring (bicyclic) bond motifs is 1. The van der Waals surface area contributed by atoms with Gasteiger partial charge in [0.2, 0.25) is 5.95 Å². The maximum Gasteiger partial charge on any atom is 0.220 e. The third-order valence-corrected chi connectivity index (χ3v) is 3.69. The molecule has 2 rings (SSSR count). The van der Waals surface area contributed by atoms with Crippen LogP contribution in [-0.4, -0.2) is 22.0 Å². The van der Waals surface area contributed by atoms with Crippen molar-refractivity contribution in [3.05, 3.63) is 23.0 Å². The predicted octanol–water partition coefficient (Wildman–Crippen LogP) is 2.27. The zero-order chi connectivity index (χ0) is 9.97. The Bertz CT molecular complexity index is 344. The molecule has 0 unspecified atom stereocenters. The minimum atomic E-state index is -0.309. The van der Waals surface area contributed by atoms with Crippen LogP contribution in [0.25, 0.3) is 0 Å². The minimum Gasteiger partial charge on any atom is -0.236 e. The third kappa shape index (κ3) is 2.03. The molecule has 14 heavy (non-hydrogen) atoms. The Morgan fingerprint density at radius 1 is 1.43 bits per heavy atom. The maximum atomic E-state index is 13.4. The molecule has 2 heterocycles. The van der Waals surface area contributed by atoms with Gasteiger partial charge in [0.15, 0.2) is 0 Å². The molecule has 1 aliphatic rings. The number of thioether (sulfide) groups is 2. The molecule has 2 nitrogen and oxygen atoms in total. The smallest absolute Gasteiger partial charge is 0.220 e. The highest BCUT2D eigenvalue weighted by Crippen LogP contribution is 2.29. The van der Waals surface area contributed by atoms with Crippen molar-refractivity contribution in [2.45, 2.75) is 17.9 Å². The standard InChI is InChI=1S/C9H11FN2S2/c1-13-3-2-8-11-7-5-14-4-6(7)9(10)12-8/h2-5H2,1H3. The van der Waals surface area contributed by atoms with Crippen LogP contribution in [0.4, 0.5) is 4.39 Å². The Morgan fingerprint density at radius 3 is 3.07 bits per heavy atom. The second-order valence-corrected chi connectivity index (χ2v) is 5.06. The van der Waals surface area contributed by atoms with Crippen LogP contribution in [0.5, 0.6) is 0 Å². The zero-order valence-corrected chi connectivity index (χ0v) is 9.55. The molecule has 0 spiro atoms. The average Bonchev–Trinajstić information content (AvgIpc) is 2.63. The van der Waals surface area contributed by atoms with E-state index in [1.54, 1.807) is 23.5 Å². The Balaban J connectivity index is 2.23. The first-order valence-corrected chi connectivity index (χ1v) is 6.97. The molecule has 0 aromatic carbocycles. The minimum absolute atomic E-state index is 0.309. The summed E-state index contributed by atoms with van der Waals surface area (Å²) in [6.07, 6.45) is 2.79. The van der Waals surface area contributed by atoms with Gasteiger partial charge in [-0.05, 0) is 6.26 Å². The summed E-state index contributed by atoms with van der Waals surface area (Å²) < 4.78 is 13.4. The Morgan fingerprint density at radius 2 is 2.29 bits per heavy atom. The molecule has 0 bridgehead atoms. The molecule has 1 aliphatic heterocycles. The van der Waals surface area contributed by atoms with Gasteiger partial charge in [0.25, 0.3) is 0 Å².